The molecule has 1 aliphatic heterocycles. The summed E-state index contributed by atoms with van der Waals surface area (Å²) in [5.41, 5.74) is -0.465. The molecule has 2 fully saturated rings. The van der Waals surface area contributed by atoms with Gasteiger partial charge in [-0.2, -0.15) is 13.2 Å². The van der Waals surface area contributed by atoms with Crippen LogP contribution in [-0.4, -0.2) is 63.0 Å². The summed E-state index contributed by atoms with van der Waals surface area (Å²) >= 11 is 0. The van der Waals surface area contributed by atoms with Crippen LogP contribution < -0.4 is 24.4 Å². The van der Waals surface area contributed by atoms with E-state index in [4.69, 9.17) is 9.47 Å². The molecule has 3 N–H and O–H groups in total. The van der Waals surface area contributed by atoms with Gasteiger partial charge in [-0.15, -0.1) is 0 Å². The maximum atomic E-state index is 15.3. The molecule has 3 aliphatic rings. The molecule has 7 rings (SSSR count). The van der Waals surface area contributed by atoms with E-state index < -0.39 is 56.6 Å². The summed E-state index contributed by atoms with van der Waals surface area (Å²) in [4.78, 5) is 42.0. The molecule has 1 heterocycles. The number of halogens is 3. The zero-order chi connectivity index (χ0) is 44.5. The summed E-state index contributed by atoms with van der Waals surface area (Å²) in [6, 6.07) is 24.5. The number of unbranched alkanes of at least 4 members (excludes halogenated alkanes) is 1. The predicted molar refractivity (Wildman–Crippen MR) is 228 cm³/mol. The van der Waals surface area contributed by atoms with Crippen LogP contribution in [0.5, 0.6) is 11.5 Å². The normalized spacial score (nSPS) is 22.7. The Hall–Kier alpha value is -5.41. The third-order valence-corrected chi connectivity index (χ3v) is 14.4. The number of hydrogen-bond donors (Lipinski definition) is 3. The van der Waals surface area contributed by atoms with Crippen molar-refractivity contribution in [2.24, 2.45) is 22.7 Å². The molecule has 1 amide bonds. The van der Waals surface area contributed by atoms with E-state index >= 15 is 4.79 Å². The number of hydrogen-bond acceptors (Lipinski definition) is 8. The lowest BCUT2D eigenvalue weighted by atomic mass is 9.72. The Bertz CT molecular complexity index is 2380. The number of sulfonamides is 1. The number of anilines is 2. The van der Waals surface area contributed by atoms with Gasteiger partial charge in [0.2, 0.25) is 10.0 Å². The van der Waals surface area contributed by atoms with Gasteiger partial charge in [-0.25, -0.2) is 13.1 Å². The number of aliphatic carboxylic acids is 1. The number of carbonyl (C=O) groups is 3. The number of fused-ring (bicyclic) bond motifs is 2. The first-order valence-electron chi connectivity index (χ1n) is 21.0. The highest BCUT2D eigenvalue weighted by Crippen LogP contribution is 2.76. The fraction of sp³-hybridized carbons (Fsp3) is 0.426. The molecule has 11 nitrogen and oxygen atoms in total. The molecule has 330 valence electrons. The van der Waals surface area contributed by atoms with Crippen LogP contribution in [0, 0.1) is 22.7 Å². The number of para-hydroxylation sites is 1. The van der Waals surface area contributed by atoms with Gasteiger partial charge in [-0.3, -0.25) is 14.4 Å². The largest absolute Gasteiger partial charge is 0.494 e. The molecule has 15 heteroatoms. The van der Waals surface area contributed by atoms with Crippen molar-refractivity contribution in [3.05, 3.63) is 114 Å². The number of benzene rings is 4. The lowest BCUT2D eigenvalue weighted by Gasteiger charge is -2.42. The quantitative estimate of drug-likeness (QED) is 0.0885. The maximum Gasteiger partial charge on any atom is 0.416 e. The van der Waals surface area contributed by atoms with E-state index in [0.717, 1.165) is 31.4 Å². The molecule has 5 atom stereocenters. The number of aryl methyl sites for hydroxylation is 1. The number of Topliss-reactive ketones (excluding diaryl/α,β-unsaturated/α-hetero) is 1. The van der Waals surface area contributed by atoms with Crippen molar-refractivity contribution in [2.45, 2.75) is 88.9 Å². The molecule has 0 radical (unpaired) electrons. The number of nitrogens with zero attached hydrogens (tertiary/aromatic N) is 1. The fourth-order valence-corrected chi connectivity index (χ4v) is 11.1. The lowest BCUT2D eigenvalue weighted by Crippen LogP contribution is -2.57. The minimum Gasteiger partial charge on any atom is -0.494 e. The first-order chi connectivity index (χ1) is 29.4. The van der Waals surface area contributed by atoms with Gasteiger partial charge in [-0.05, 0) is 122 Å². The highest BCUT2D eigenvalue weighted by Gasteiger charge is 2.80. The Balaban J connectivity index is 1.11. The first kappa shape index (κ1) is 44.6. The van der Waals surface area contributed by atoms with Crippen molar-refractivity contribution in [2.75, 3.05) is 29.9 Å². The summed E-state index contributed by atoms with van der Waals surface area (Å²) in [5, 5.41) is 12.4. The minimum atomic E-state index is -4.65. The van der Waals surface area contributed by atoms with Crippen LogP contribution in [0.3, 0.4) is 0 Å². The lowest BCUT2D eigenvalue weighted by molar-refractivity contribution is -0.138. The molecule has 0 saturated heterocycles. The SMILES string of the molecule is CC1CCC2C(C)(C)C2(C(=O)C2CN(CCCC(=O)O)c3cccc(NC(=O)c4ccc(OCCCCc5ccccc5)cc4)c3O2)C1NS(=O)(=O)c1ccc(C(F)(F)F)cc1. The summed E-state index contributed by atoms with van der Waals surface area (Å²) < 4.78 is 83.0. The molecule has 5 unspecified atom stereocenters. The second-order valence-corrected chi connectivity index (χ2v) is 18.9. The Labute approximate surface area is 360 Å². The van der Waals surface area contributed by atoms with Crippen molar-refractivity contribution >= 4 is 39.1 Å². The Morgan fingerprint density at radius 2 is 1.61 bits per heavy atom. The van der Waals surface area contributed by atoms with Gasteiger partial charge < -0.3 is 24.8 Å². The molecule has 0 bridgehead atoms. The summed E-state index contributed by atoms with van der Waals surface area (Å²) in [6.45, 7) is 6.50. The molecular weight excluding hydrogens is 824 g/mol. The summed E-state index contributed by atoms with van der Waals surface area (Å²) in [6.07, 6.45) is -1.63. The number of alkyl halides is 3. The zero-order valence-electron chi connectivity index (χ0n) is 34.9. The first-order valence-corrected chi connectivity index (χ1v) is 22.5. The van der Waals surface area contributed by atoms with E-state index in [1.54, 1.807) is 42.5 Å². The van der Waals surface area contributed by atoms with Crippen molar-refractivity contribution in [3.8, 4) is 11.5 Å². The van der Waals surface area contributed by atoms with Crippen LogP contribution in [0.4, 0.5) is 24.5 Å². The van der Waals surface area contributed by atoms with Gasteiger partial charge in [0.05, 0.1) is 40.4 Å². The summed E-state index contributed by atoms with van der Waals surface area (Å²) in [7, 11) is -4.39. The average Bonchev–Trinajstić information content (AvgIpc) is 3.76. The van der Waals surface area contributed by atoms with Crippen LogP contribution >= 0.6 is 0 Å². The Morgan fingerprint density at radius 3 is 2.29 bits per heavy atom. The molecule has 0 aromatic heterocycles. The standard InChI is InChI=1S/C47H52F3N3O8S/c1-30-17-26-39-45(2,3)46(39,42(30)52-62(58,59)35-24-20-33(21-25-35)47(48,49)50)43(56)38-29-53(27-10-16-40(54)55)37-15-9-14-36(41(37)61-38)51-44(57)32-18-22-34(23-19-32)60-28-8-7-13-31-11-5-4-6-12-31/h4-6,9,11-12,14-15,18-25,30,38-39,42,52H,7-8,10,13,16-17,26-29H2,1-3H3,(H,51,57)(H,54,55). The number of carboxylic acid groups (broad SMARTS) is 1. The van der Waals surface area contributed by atoms with Crippen molar-refractivity contribution in [1.82, 2.24) is 4.72 Å². The second-order valence-electron chi connectivity index (χ2n) is 17.2. The zero-order valence-corrected chi connectivity index (χ0v) is 35.7. The third kappa shape index (κ3) is 9.05. The van der Waals surface area contributed by atoms with Crippen LogP contribution in [0.25, 0.3) is 0 Å². The number of rotatable bonds is 17. The van der Waals surface area contributed by atoms with Crippen LogP contribution in [0.1, 0.15) is 80.8 Å². The topological polar surface area (TPSA) is 151 Å². The minimum absolute atomic E-state index is 0.0356. The van der Waals surface area contributed by atoms with E-state index in [2.05, 4.69) is 22.2 Å². The number of amides is 1. The number of nitrogens with one attached hydrogen (secondary N) is 2. The monoisotopic (exact) mass is 875 g/mol. The molecule has 2 aliphatic carbocycles. The van der Waals surface area contributed by atoms with Gasteiger partial charge >= 0.3 is 12.1 Å². The van der Waals surface area contributed by atoms with Gasteiger partial charge in [0.15, 0.2) is 17.6 Å². The van der Waals surface area contributed by atoms with E-state index in [1.807, 2.05) is 43.9 Å². The van der Waals surface area contributed by atoms with Crippen molar-refractivity contribution in [1.29, 1.82) is 0 Å². The van der Waals surface area contributed by atoms with Crippen molar-refractivity contribution in [3.63, 3.8) is 0 Å². The number of carboxylic acids is 1. The highest BCUT2D eigenvalue weighted by atomic mass is 32.2. The van der Waals surface area contributed by atoms with Crippen molar-refractivity contribution < 1.29 is 50.6 Å². The summed E-state index contributed by atoms with van der Waals surface area (Å²) in [5.74, 6) is -1.48. The average molecular weight is 876 g/mol. The van der Waals surface area contributed by atoms with E-state index in [9.17, 15) is 36.3 Å². The highest BCUT2D eigenvalue weighted by molar-refractivity contribution is 7.89. The van der Waals surface area contributed by atoms with Crippen LogP contribution in [0.15, 0.2) is 102 Å². The number of ether oxygens (including phenoxy) is 2. The van der Waals surface area contributed by atoms with Gasteiger partial charge in [0, 0.05) is 24.6 Å². The second kappa shape index (κ2) is 17.8. The molecular formula is C47H52F3N3O8S. The molecule has 62 heavy (non-hydrogen) atoms. The molecule has 2 saturated carbocycles. The van der Waals surface area contributed by atoms with Crippen LogP contribution in [-0.2, 0) is 32.2 Å². The van der Waals surface area contributed by atoms with Gasteiger partial charge in [0.1, 0.15) is 5.75 Å². The molecule has 4 aromatic rings. The number of ketones is 1. The van der Waals surface area contributed by atoms with Gasteiger partial charge in [0.25, 0.3) is 5.91 Å². The van der Waals surface area contributed by atoms with E-state index in [0.29, 0.717) is 48.6 Å². The third-order valence-electron chi connectivity index (χ3n) is 13.0. The fourth-order valence-electron chi connectivity index (χ4n) is 9.74. The Kier molecular flexibility index (Phi) is 12.8. The Morgan fingerprint density at radius 1 is 0.903 bits per heavy atom. The smallest absolute Gasteiger partial charge is 0.416 e. The van der Waals surface area contributed by atoms with Crippen LogP contribution in [0.2, 0.25) is 0 Å². The maximum absolute atomic E-state index is 15.3. The van der Waals surface area contributed by atoms with E-state index in [1.165, 1.54) is 5.56 Å². The van der Waals surface area contributed by atoms with Gasteiger partial charge in [-0.1, -0.05) is 57.2 Å². The molecule has 0 spiro atoms. The van der Waals surface area contributed by atoms with E-state index in [-0.39, 0.29) is 59.9 Å². The molecule has 4 aromatic carbocycles. The number of carbonyl (C=O) groups excluding carboxylic acids is 2. The predicted octanol–water partition coefficient (Wildman–Crippen LogP) is 8.78.